The lowest BCUT2D eigenvalue weighted by Gasteiger charge is -2.19. The zero-order valence-corrected chi connectivity index (χ0v) is 12.5. The number of carbonyl (C=O) groups is 2. The third-order valence-corrected chi connectivity index (χ3v) is 4.35. The van der Waals surface area contributed by atoms with Crippen LogP contribution >= 0.6 is 0 Å². The van der Waals surface area contributed by atoms with E-state index in [1.165, 1.54) is 4.90 Å². The highest BCUT2D eigenvalue weighted by Gasteiger charge is 2.41. The van der Waals surface area contributed by atoms with Gasteiger partial charge in [-0.15, -0.1) is 0 Å². The van der Waals surface area contributed by atoms with Gasteiger partial charge in [0.2, 0.25) is 5.91 Å². The van der Waals surface area contributed by atoms with E-state index in [4.69, 9.17) is 0 Å². The van der Waals surface area contributed by atoms with Gasteiger partial charge in [-0.3, -0.25) is 14.3 Å². The Bertz CT molecular complexity index is 623. The zero-order chi connectivity index (χ0) is 15.9. The normalized spacial score (nSPS) is 24.4. The summed E-state index contributed by atoms with van der Waals surface area (Å²) in [5.74, 6) is -1.68. The summed E-state index contributed by atoms with van der Waals surface area (Å²) in [7, 11) is 1.81. The van der Waals surface area contributed by atoms with Gasteiger partial charge in [0, 0.05) is 43.9 Å². The van der Waals surface area contributed by atoms with Crippen molar-refractivity contribution in [3.63, 3.8) is 0 Å². The molecule has 1 aromatic rings. The van der Waals surface area contributed by atoms with Gasteiger partial charge in [-0.25, -0.2) is 4.39 Å². The number of carbonyl (C=O) groups excluding carboxylic acids is 2. The maximum atomic E-state index is 13.1. The molecule has 2 amide bonds. The molecule has 0 bridgehead atoms. The number of halogens is 1. The molecule has 2 aliphatic rings. The van der Waals surface area contributed by atoms with Crippen molar-refractivity contribution >= 4 is 11.8 Å². The first-order chi connectivity index (χ1) is 10.5. The quantitative estimate of drug-likeness (QED) is 0.834. The topological polar surface area (TPSA) is 67.2 Å². The van der Waals surface area contributed by atoms with Crippen LogP contribution in [0.1, 0.15) is 24.5 Å². The molecule has 1 aliphatic heterocycles. The highest BCUT2D eigenvalue weighted by atomic mass is 19.1. The summed E-state index contributed by atoms with van der Waals surface area (Å²) in [5, 5.41) is 7.14. The van der Waals surface area contributed by atoms with Crippen molar-refractivity contribution in [2.24, 2.45) is 13.0 Å². The van der Waals surface area contributed by atoms with Crippen LogP contribution in [0.15, 0.2) is 24.7 Å². The van der Waals surface area contributed by atoms with Gasteiger partial charge in [-0.1, -0.05) is 6.58 Å². The second kappa shape index (κ2) is 5.55. The molecular weight excluding hydrogens is 287 g/mol. The Morgan fingerprint density at radius 1 is 1.41 bits per heavy atom. The lowest BCUT2D eigenvalue weighted by Crippen LogP contribution is -2.41. The number of aromatic nitrogens is 2. The molecule has 0 radical (unpaired) electrons. The summed E-state index contributed by atoms with van der Waals surface area (Å²) in [6.45, 7) is 3.70. The van der Waals surface area contributed by atoms with Crippen molar-refractivity contribution in [3.05, 3.63) is 30.4 Å². The van der Waals surface area contributed by atoms with Crippen molar-refractivity contribution in [3.8, 4) is 0 Å². The molecule has 1 aliphatic carbocycles. The fourth-order valence-electron chi connectivity index (χ4n) is 2.98. The molecule has 0 spiro atoms. The molecule has 3 rings (SSSR count). The smallest absolute Gasteiger partial charge is 0.282 e. The summed E-state index contributed by atoms with van der Waals surface area (Å²) in [6.07, 6.45) is 3.51. The molecule has 0 aromatic carbocycles. The van der Waals surface area contributed by atoms with Crippen LogP contribution in [0.25, 0.3) is 0 Å². The standard InChI is InChI=1S/C15H19FN4O2/c1-9(16)15(22)20-7-11(13-5-6-17-19(13)2)12(8-20)18-14(21)10-3-4-10/h5-6,10-12H,1,3-4,7-8H2,2H3,(H,18,21)/t11-,12-/m1/s1. The first kappa shape index (κ1) is 14.7. The van der Waals surface area contributed by atoms with Crippen LogP contribution < -0.4 is 5.32 Å². The lowest BCUT2D eigenvalue weighted by molar-refractivity contribution is -0.128. The Hall–Kier alpha value is -2.18. The SMILES string of the molecule is C=C(F)C(=O)N1C[C@@H](NC(=O)C2CC2)[C@H](c2ccnn2C)C1. The molecule has 2 fully saturated rings. The minimum absolute atomic E-state index is 0.0190. The van der Waals surface area contributed by atoms with Gasteiger partial charge in [-0.2, -0.15) is 5.10 Å². The van der Waals surface area contributed by atoms with Crippen molar-refractivity contribution in [1.29, 1.82) is 0 Å². The summed E-state index contributed by atoms with van der Waals surface area (Å²) in [6, 6.07) is 1.63. The fraction of sp³-hybridized carbons (Fsp3) is 0.533. The second-order valence-corrected chi connectivity index (χ2v) is 5.99. The molecule has 1 N–H and O–H groups in total. The van der Waals surface area contributed by atoms with Crippen molar-refractivity contribution < 1.29 is 14.0 Å². The Labute approximate surface area is 128 Å². The van der Waals surface area contributed by atoms with Crippen LogP contribution in [0.2, 0.25) is 0 Å². The van der Waals surface area contributed by atoms with Crippen LogP contribution in [0, 0.1) is 5.92 Å². The maximum absolute atomic E-state index is 13.1. The minimum atomic E-state index is -0.974. The number of rotatable bonds is 4. The van der Waals surface area contributed by atoms with E-state index in [1.54, 1.807) is 10.9 Å². The molecule has 1 aromatic heterocycles. The van der Waals surface area contributed by atoms with Crippen molar-refractivity contribution in [1.82, 2.24) is 20.0 Å². The van der Waals surface area contributed by atoms with Gasteiger partial charge in [0.15, 0.2) is 5.83 Å². The van der Waals surface area contributed by atoms with E-state index >= 15 is 0 Å². The molecule has 2 atom stereocenters. The van der Waals surface area contributed by atoms with Gasteiger partial charge in [0.05, 0.1) is 6.04 Å². The first-order valence-electron chi connectivity index (χ1n) is 7.39. The van der Waals surface area contributed by atoms with E-state index in [9.17, 15) is 14.0 Å². The summed E-state index contributed by atoms with van der Waals surface area (Å²) in [4.78, 5) is 25.3. The average molecular weight is 306 g/mol. The number of likely N-dealkylation sites (tertiary alicyclic amines) is 1. The maximum Gasteiger partial charge on any atom is 0.282 e. The van der Waals surface area contributed by atoms with Crippen LogP contribution in [0.5, 0.6) is 0 Å². The van der Waals surface area contributed by atoms with E-state index in [0.29, 0.717) is 6.54 Å². The molecule has 6 nitrogen and oxygen atoms in total. The van der Waals surface area contributed by atoms with E-state index < -0.39 is 11.7 Å². The summed E-state index contributed by atoms with van der Waals surface area (Å²) in [5.41, 5.74) is 0.917. The molecule has 1 saturated carbocycles. The average Bonchev–Trinajstić information content (AvgIpc) is 3.13. The predicted octanol–water partition coefficient (Wildman–Crippen LogP) is 0.724. The highest BCUT2D eigenvalue weighted by Crippen LogP contribution is 2.32. The second-order valence-electron chi connectivity index (χ2n) is 5.99. The number of nitrogens with one attached hydrogen (secondary N) is 1. The summed E-state index contributed by atoms with van der Waals surface area (Å²) >= 11 is 0. The monoisotopic (exact) mass is 306 g/mol. The van der Waals surface area contributed by atoms with E-state index in [-0.39, 0.29) is 30.3 Å². The molecule has 2 heterocycles. The van der Waals surface area contributed by atoms with E-state index in [0.717, 1.165) is 18.5 Å². The van der Waals surface area contributed by atoms with Gasteiger partial charge in [0.25, 0.3) is 5.91 Å². The molecule has 1 saturated heterocycles. The van der Waals surface area contributed by atoms with Crippen molar-refractivity contribution in [2.75, 3.05) is 13.1 Å². The highest BCUT2D eigenvalue weighted by molar-refractivity contribution is 5.91. The van der Waals surface area contributed by atoms with Gasteiger partial charge in [-0.05, 0) is 18.9 Å². The van der Waals surface area contributed by atoms with Crippen LogP contribution in [-0.4, -0.2) is 45.6 Å². The van der Waals surface area contributed by atoms with Crippen LogP contribution in [0.4, 0.5) is 4.39 Å². The minimum Gasteiger partial charge on any atom is -0.351 e. The van der Waals surface area contributed by atoms with Crippen molar-refractivity contribution in [2.45, 2.75) is 24.8 Å². The van der Waals surface area contributed by atoms with Gasteiger partial charge in [0.1, 0.15) is 0 Å². The lowest BCUT2D eigenvalue weighted by atomic mass is 9.99. The van der Waals surface area contributed by atoms with Crippen LogP contribution in [-0.2, 0) is 16.6 Å². The Morgan fingerprint density at radius 2 is 2.14 bits per heavy atom. The van der Waals surface area contributed by atoms with Gasteiger partial charge >= 0.3 is 0 Å². The predicted molar refractivity (Wildman–Crippen MR) is 77.4 cm³/mol. The fourth-order valence-corrected chi connectivity index (χ4v) is 2.98. The van der Waals surface area contributed by atoms with Gasteiger partial charge < -0.3 is 10.2 Å². The number of aryl methyl sites for hydroxylation is 1. The van der Waals surface area contributed by atoms with Crippen LogP contribution in [0.3, 0.4) is 0 Å². The molecule has 7 heteroatoms. The molecule has 118 valence electrons. The Morgan fingerprint density at radius 3 is 2.68 bits per heavy atom. The van der Waals surface area contributed by atoms with E-state index in [1.807, 2.05) is 13.1 Å². The van der Waals surface area contributed by atoms with E-state index in [2.05, 4.69) is 17.0 Å². The Balaban J connectivity index is 1.80. The number of hydrogen-bond acceptors (Lipinski definition) is 3. The third kappa shape index (κ3) is 2.75. The largest absolute Gasteiger partial charge is 0.351 e. The number of nitrogens with zero attached hydrogens (tertiary/aromatic N) is 3. The molecule has 0 unspecified atom stereocenters. The third-order valence-electron chi connectivity index (χ3n) is 4.35. The number of hydrogen-bond donors (Lipinski definition) is 1. The first-order valence-corrected chi connectivity index (χ1v) is 7.39. The Kier molecular flexibility index (Phi) is 3.72. The number of amides is 2. The molecule has 22 heavy (non-hydrogen) atoms. The zero-order valence-electron chi connectivity index (χ0n) is 12.5. The molecular formula is C15H19FN4O2. The summed E-state index contributed by atoms with van der Waals surface area (Å²) < 4.78 is 14.9.